The Morgan fingerprint density at radius 3 is 2.40 bits per heavy atom. The fourth-order valence-electron chi connectivity index (χ4n) is 8.06. The van der Waals surface area contributed by atoms with E-state index in [1.807, 2.05) is 60.3 Å². The predicted molar refractivity (Wildman–Crippen MR) is 201 cm³/mol. The first kappa shape index (κ1) is 32.6. The van der Waals surface area contributed by atoms with Crippen LogP contribution in [0.3, 0.4) is 0 Å². The summed E-state index contributed by atoms with van der Waals surface area (Å²) in [5.74, 6) is 0.624. The molecule has 7 aromatic rings. The SMILES string of the molecule is Cc1csc(-c2cc3c(C4CCCN4Cc4c(O)ccc5cc(-c6nc7ccccc7n6C)c(=O)oc45)cc(O)c(CN4CCCC4)c3oc2=O)n1. The molecule has 0 aliphatic carbocycles. The fraction of sp³-hybridized carbons (Fsp3) is 0.300. The molecule has 12 heteroatoms. The Morgan fingerprint density at radius 1 is 0.846 bits per heavy atom. The van der Waals surface area contributed by atoms with Gasteiger partial charge in [0.25, 0.3) is 0 Å². The number of aromatic nitrogens is 3. The van der Waals surface area contributed by atoms with Crippen LogP contribution in [0.1, 0.15) is 54.1 Å². The molecule has 1 unspecified atom stereocenters. The van der Waals surface area contributed by atoms with Gasteiger partial charge in [0, 0.05) is 48.0 Å². The lowest BCUT2D eigenvalue weighted by atomic mass is 9.95. The molecule has 3 aromatic carbocycles. The second kappa shape index (κ2) is 12.7. The lowest BCUT2D eigenvalue weighted by molar-refractivity contribution is 0.245. The molecule has 0 bridgehead atoms. The summed E-state index contributed by atoms with van der Waals surface area (Å²) in [5, 5.41) is 26.7. The van der Waals surface area contributed by atoms with Crippen LogP contribution in [0.4, 0.5) is 0 Å². The van der Waals surface area contributed by atoms with Crippen LogP contribution >= 0.6 is 11.3 Å². The number of hydrogen-bond acceptors (Lipinski definition) is 11. The summed E-state index contributed by atoms with van der Waals surface area (Å²) < 4.78 is 14.0. The van der Waals surface area contributed by atoms with E-state index in [-0.39, 0.29) is 24.1 Å². The first-order valence-electron chi connectivity index (χ1n) is 17.7. The predicted octanol–water partition coefficient (Wildman–Crippen LogP) is 7.23. The van der Waals surface area contributed by atoms with Crippen LogP contribution in [0.2, 0.25) is 0 Å². The Labute approximate surface area is 302 Å². The van der Waals surface area contributed by atoms with Crippen LogP contribution < -0.4 is 11.3 Å². The van der Waals surface area contributed by atoms with Gasteiger partial charge in [-0.05, 0) is 100 Å². The van der Waals surface area contributed by atoms with Crippen molar-refractivity contribution in [2.45, 2.75) is 51.7 Å². The van der Waals surface area contributed by atoms with E-state index in [2.05, 4.69) is 14.8 Å². The number of phenols is 2. The average Bonchev–Trinajstić information content (AvgIpc) is 3.96. The molecule has 0 spiro atoms. The largest absolute Gasteiger partial charge is 0.507 e. The summed E-state index contributed by atoms with van der Waals surface area (Å²) in [4.78, 5) is 40.8. The van der Waals surface area contributed by atoms with E-state index in [1.54, 1.807) is 18.2 Å². The molecule has 2 aliphatic rings. The lowest BCUT2D eigenvalue weighted by Gasteiger charge is -2.27. The van der Waals surface area contributed by atoms with Crippen LogP contribution in [0.25, 0.3) is 54.9 Å². The van der Waals surface area contributed by atoms with Crippen LogP contribution in [0.5, 0.6) is 11.5 Å². The maximum absolute atomic E-state index is 13.6. The molecule has 2 aliphatic heterocycles. The number of aryl methyl sites for hydroxylation is 2. The van der Waals surface area contributed by atoms with Crippen molar-refractivity contribution in [2.75, 3.05) is 19.6 Å². The minimum Gasteiger partial charge on any atom is -0.507 e. The zero-order valence-electron chi connectivity index (χ0n) is 28.9. The van der Waals surface area contributed by atoms with Gasteiger partial charge in [-0.2, -0.15) is 0 Å². The minimum atomic E-state index is -0.541. The molecule has 0 amide bonds. The zero-order valence-corrected chi connectivity index (χ0v) is 29.7. The number of thiazole rings is 1. The van der Waals surface area contributed by atoms with Gasteiger partial charge in [0.15, 0.2) is 0 Å². The van der Waals surface area contributed by atoms with Crippen molar-refractivity contribution >= 4 is 44.3 Å². The highest BCUT2D eigenvalue weighted by Crippen LogP contribution is 2.43. The second-order valence-electron chi connectivity index (χ2n) is 14.0. The normalized spacial score (nSPS) is 17.0. The maximum atomic E-state index is 13.6. The summed E-state index contributed by atoms with van der Waals surface area (Å²) in [5.41, 5.74) is 4.85. The lowest BCUT2D eigenvalue weighted by Crippen LogP contribution is -2.24. The van der Waals surface area contributed by atoms with Gasteiger partial charge in [-0.3, -0.25) is 9.80 Å². The molecule has 9 rings (SSSR count). The molecule has 52 heavy (non-hydrogen) atoms. The van der Waals surface area contributed by atoms with E-state index in [9.17, 15) is 19.8 Å². The van der Waals surface area contributed by atoms with E-state index in [4.69, 9.17) is 13.8 Å². The molecule has 0 saturated carbocycles. The summed E-state index contributed by atoms with van der Waals surface area (Å²) in [6, 6.07) is 16.4. The Balaban J connectivity index is 1.13. The Morgan fingerprint density at radius 2 is 1.62 bits per heavy atom. The van der Waals surface area contributed by atoms with Crippen molar-refractivity contribution in [1.29, 1.82) is 0 Å². The van der Waals surface area contributed by atoms with Crippen LogP contribution in [-0.4, -0.2) is 54.2 Å². The van der Waals surface area contributed by atoms with Gasteiger partial charge >= 0.3 is 11.3 Å². The fourth-order valence-corrected chi connectivity index (χ4v) is 8.86. The van der Waals surface area contributed by atoms with E-state index in [1.165, 1.54) is 11.3 Å². The van der Waals surface area contributed by atoms with Crippen LogP contribution in [0.15, 0.2) is 78.4 Å². The van der Waals surface area contributed by atoms with Crippen molar-refractivity contribution in [1.82, 2.24) is 24.3 Å². The van der Waals surface area contributed by atoms with Gasteiger partial charge in [-0.1, -0.05) is 12.1 Å². The van der Waals surface area contributed by atoms with Gasteiger partial charge in [-0.15, -0.1) is 11.3 Å². The molecule has 4 aromatic heterocycles. The summed E-state index contributed by atoms with van der Waals surface area (Å²) in [6.45, 7) is 5.21. The maximum Gasteiger partial charge on any atom is 0.347 e. The first-order valence-corrected chi connectivity index (χ1v) is 18.5. The quantitative estimate of drug-likeness (QED) is 0.163. The molecule has 2 N–H and O–H groups in total. The Hall–Kier alpha value is -5.30. The van der Waals surface area contributed by atoms with Gasteiger partial charge < -0.3 is 23.6 Å². The number of phenolic OH excluding ortho intramolecular Hbond substituents is 2. The standard InChI is InChI=1S/C40H37N5O6S/c1-22-21-52-38(41-22)27-17-25-24(18-34(47)28(36(25)51-40(27)49)19-44-13-5-6-14-44)31-10-7-15-45(31)20-29-33(46)12-11-23-16-26(39(48)50-35(23)29)37-42-30-8-3-4-9-32(30)43(37)2/h3-4,8-9,11-12,16-18,21,31,46-47H,5-7,10,13-15,19-20H2,1-2H3. The van der Waals surface area contributed by atoms with Crippen molar-refractivity contribution in [3.05, 3.63) is 103 Å². The molecule has 1 atom stereocenters. The van der Waals surface area contributed by atoms with Gasteiger partial charge in [0.2, 0.25) is 0 Å². The zero-order chi connectivity index (χ0) is 35.7. The molecule has 2 saturated heterocycles. The van der Waals surface area contributed by atoms with Gasteiger partial charge in [-0.25, -0.2) is 19.6 Å². The van der Waals surface area contributed by atoms with Crippen molar-refractivity contribution in [3.8, 4) is 33.5 Å². The Kier molecular flexibility index (Phi) is 7.98. The number of rotatable bonds is 7. The summed E-state index contributed by atoms with van der Waals surface area (Å²) >= 11 is 1.40. The van der Waals surface area contributed by atoms with Crippen LogP contribution in [-0.2, 0) is 20.1 Å². The molecular formula is C40H37N5O6S. The highest BCUT2D eigenvalue weighted by molar-refractivity contribution is 7.13. The molecule has 11 nitrogen and oxygen atoms in total. The third-order valence-corrected chi connectivity index (χ3v) is 11.7. The smallest absolute Gasteiger partial charge is 0.347 e. The third-order valence-electron chi connectivity index (χ3n) is 10.7. The first-order chi connectivity index (χ1) is 25.2. The highest BCUT2D eigenvalue weighted by atomic mass is 32.1. The van der Waals surface area contributed by atoms with E-state index >= 15 is 0 Å². The number of benzene rings is 3. The monoisotopic (exact) mass is 715 g/mol. The number of para-hydroxylation sites is 2. The van der Waals surface area contributed by atoms with Crippen molar-refractivity contribution in [3.63, 3.8) is 0 Å². The van der Waals surface area contributed by atoms with Crippen molar-refractivity contribution in [2.24, 2.45) is 7.05 Å². The number of likely N-dealkylation sites (tertiary alicyclic amines) is 2. The van der Waals surface area contributed by atoms with E-state index in [0.717, 1.165) is 66.4 Å². The van der Waals surface area contributed by atoms with Gasteiger partial charge in [0.1, 0.15) is 39.1 Å². The second-order valence-corrected chi connectivity index (χ2v) is 14.8. The number of fused-ring (bicyclic) bond motifs is 3. The Bertz CT molecular complexity index is 2650. The topological polar surface area (TPSA) is 138 Å². The number of nitrogens with zero attached hydrogens (tertiary/aromatic N) is 5. The molecular weight excluding hydrogens is 679 g/mol. The minimum absolute atomic E-state index is 0.0258. The number of imidazole rings is 1. The summed E-state index contributed by atoms with van der Waals surface area (Å²) in [6.07, 6.45) is 3.82. The average molecular weight is 716 g/mol. The molecule has 0 radical (unpaired) electrons. The number of aromatic hydroxyl groups is 2. The van der Waals surface area contributed by atoms with Crippen LogP contribution in [0, 0.1) is 6.92 Å². The van der Waals surface area contributed by atoms with Crippen molar-refractivity contribution < 1.29 is 19.0 Å². The highest BCUT2D eigenvalue weighted by Gasteiger charge is 2.32. The number of hydrogen-bond donors (Lipinski definition) is 2. The summed E-state index contributed by atoms with van der Waals surface area (Å²) in [7, 11) is 1.87. The molecule has 6 heterocycles. The van der Waals surface area contributed by atoms with Gasteiger partial charge in [0.05, 0.1) is 27.7 Å². The van der Waals surface area contributed by atoms with E-state index < -0.39 is 11.3 Å². The molecule has 2 fully saturated rings. The molecule has 264 valence electrons. The van der Waals surface area contributed by atoms with E-state index in [0.29, 0.717) is 62.7 Å². The third kappa shape index (κ3) is 5.49.